The van der Waals surface area contributed by atoms with Crippen LogP contribution in [0.3, 0.4) is 0 Å². The molecule has 0 atom stereocenters. The molecule has 0 unspecified atom stereocenters. The number of fused-ring (bicyclic) bond motifs is 4. The quantitative estimate of drug-likeness (QED) is 0.291. The molecule has 0 saturated heterocycles. The monoisotopic (exact) mass is 313 g/mol. The molecule has 4 heteroatoms. The molecule has 0 aliphatic heterocycles. The molecule has 0 spiro atoms. The van der Waals surface area contributed by atoms with Crippen molar-refractivity contribution in [2.75, 3.05) is 0 Å². The number of nitrogens with one attached hydrogen (secondary N) is 1. The Kier molecular flexibility index (Phi) is 2.61. The topological polar surface area (TPSA) is 50.1 Å². The number of benzene rings is 2. The van der Waals surface area contributed by atoms with Gasteiger partial charge in [0.15, 0.2) is 5.69 Å². The molecule has 0 aliphatic rings. The Morgan fingerprint density at radius 3 is 2.71 bits per heavy atom. The van der Waals surface area contributed by atoms with Crippen LogP contribution in [-0.4, -0.2) is 4.98 Å². The van der Waals surface area contributed by atoms with Gasteiger partial charge in [-0.05, 0) is 29.0 Å². The second kappa shape index (κ2) is 4.80. The average molecular weight is 313 g/mol. The van der Waals surface area contributed by atoms with E-state index in [1.54, 1.807) is 0 Å². The van der Waals surface area contributed by atoms with Crippen LogP contribution in [0.25, 0.3) is 38.6 Å². The Morgan fingerprint density at radius 2 is 1.79 bits per heavy atom. The standard InChI is InChI=1S/C20H12N2O2/c23-20-16(17-12-22-10-4-3-7-19(22)21-17)11-15-14-6-2-1-5-13(14)8-9-18(15)24-20/h1-12H/p+1. The van der Waals surface area contributed by atoms with Gasteiger partial charge in [0.05, 0.1) is 6.20 Å². The van der Waals surface area contributed by atoms with Crippen LogP contribution in [0, 0.1) is 0 Å². The van der Waals surface area contributed by atoms with Crippen molar-refractivity contribution >= 4 is 27.4 Å². The molecule has 5 aromatic rings. The van der Waals surface area contributed by atoms with Crippen molar-refractivity contribution in [1.82, 2.24) is 4.98 Å². The van der Waals surface area contributed by atoms with E-state index in [9.17, 15) is 4.79 Å². The Balaban J connectivity index is 1.86. The normalized spacial score (nSPS) is 11.5. The molecular formula is C20H13N2O2+. The van der Waals surface area contributed by atoms with Crippen LogP contribution in [0.5, 0.6) is 0 Å². The summed E-state index contributed by atoms with van der Waals surface area (Å²) < 4.78 is 7.51. The van der Waals surface area contributed by atoms with Gasteiger partial charge < -0.3 is 4.42 Å². The van der Waals surface area contributed by atoms with Gasteiger partial charge in [-0.2, -0.15) is 0 Å². The first-order chi connectivity index (χ1) is 11.8. The number of pyridine rings is 1. The van der Waals surface area contributed by atoms with Crippen LogP contribution in [-0.2, 0) is 0 Å². The zero-order chi connectivity index (χ0) is 16.1. The number of nitrogens with zero attached hydrogens (tertiary/aromatic N) is 1. The van der Waals surface area contributed by atoms with Crippen LogP contribution in [0.4, 0.5) is 0 Å². The molecule has 5 rings (SSSR count). The first kappa shape index (κ1) is 13.1. The lowest BCUT2D eigenvalue weighted by Crippen LogP contribution is -2.16. The van der Waals surface area contributed by atoms with E-state index in [1.807, 2.05) is 71.4 Å². The number of aromatic amines is 1. The predicted octanol–water partition coefficient (Wildman–Crippen LogP) is 3.68. The smallest absolute Gasteiger partial charge is 0.348 e. The summed E-state index contributed by atoms with van der Waals surface area (Å²) in [4.78, 5) is 15.7. The van der Waals surface area contributed by atoms with E-state index >= 15 is 0 Å². The van der Waals surface area contributed by atoms with Gasteiger partial charge in [-0.3, -0.25) is 0 Å². The van der Waals surface area contributed by atoms with E-state index in [-0.39, 0.29) is 5.63 Å². The predicted molar refractivity (Wildman–Crippen MR) is 92.9 cm³/mol. The van der Waals surface area contributed by atoms with Crippen molar-refractivity contribution < 1.29 is 8.82 Å². The number of hydrogen-bond acceptors (Lipinski definition) is 2. The molecule has 0 radical (unpaired) electrons. The van der Waals surface area contributed by atoms with Gasteiger partial charge in [0.2, 0.25) is 0 Å². The van der Waals surface area contributed by atoms with Gasteiger partial charge in [-0.15, -0.1) is 0 Å². The minimum atomic E-state index is -0.343. The fourth-order valence-electron chi connectivity index (χ4n) is 3.18. The third-order valence-electron chi connectivity index (χ3n) is 4.35. The van der Waals surface area contributed by atoms with Crippen molar-refractivity contribution in [2.24, 2.45) is 0 Å². The highest BCUT2D eigenvalue weighted by molar-refractivity contribution is 6.06. The van der Waals surface area contributed by atoms with Gasteiger partial charge in [0, 0.05) is 11.5 Å². The average Bonchev–Trinajstić information content (AvgIpc) is 3.04. The second-order valence-corrected chi connectivity index (χ2v) is 5.81. The maximum Gasteiger partial charge on any atom is 0.348 e. The Labute approximate surface area is 136 Å². The lowest BCUT2D eigenvalue weighted by molar-refractivity contribution is -0.509. The first-order valence-corrected chi connectivity index (χ1v) is 7.75. The second-order valence-electron chi connectivity index (χ2n) is 5.81. The van der Waals surface area contributed by atoms with E-state index in [1.165, 1.54) is 0 Å². The molecule has 0 aliphatic carbocycles. The molecule has 0 amide bonds. The van der Waals surface area contributed by atoms with Crippen LogP contribution < -0.4 is 10.0 Å². The van der Waals surface area contributed by atoms with Crippen molar-refractivity contribution in [3.8, 4) is 11.3 Å². The highest BCUT2D eigenvalue weighted by Gasteiger charge is 2.16. The molecule has 4 nitrogen and oxygen atoms in total. The lowest BCUT2D eigenvalue weighted by atomic mass is 10.0. The molecule has 2 aromatic carbocycles. The molecule has 24 heavy (non-hydrogen) atoms. The highest BCUT2D eigenvalue weighted by atomic mass is 16.4. The fourth-order valence-corrected chi connectivity index (χ4v) is 3.18. The summed E-state index contributed by atoms with van der Waals surface area (Å²) in [6.07, 6.45) is 3.84. The highest BCUT2D eigenvalue weighted by Crippen LogP contribution is 2.27. The molecule has 0 saturated carbocycles. The molecule has 0 bridgehead atoms. The lowest BCUT2D eigenvalue weighted by Gasteiger charge is -2.03. The number of imidazole rings is 1. The van der Waals surface area contributed by atoms with Crippen molar-refractivity contribution in [3.63, 3.8) is 0 Å². The van der Waals surface area contributed by atoms with Crippen LogP contribution in [0.15, 0.2) is 82.3 Å². The third kappa shape index (κ3) is 1.86. The molecule has 114 valence electrons. The largest absolute Gasteiger partial charge is 0.422 e. The summed E-state index contributed by atoms with van der Waals surface area (Å²) in [5.41, 5.74) is 2.45. The summed E-state index contributed by atoms with van der Waals surface area (Å²) in [6, 6.07) is 19.7. The van der Waals surface area contributed by atoms with Crippen LogP contribution in [0.1, 0.15) is 0 Å². The summed E-state index contributed by atoms with van der Waals surface area (Å²) in [5.74, 6) is 0. The third-order valence-corrected chi connectivity index (χ3v) is 4.35. The van der Waals surface area contributed by atoms with Gasteiger partial charge in [-0.1, -0.05) is 36.4 Å². The molecule has 3 heterocycles. The van der Waals surface area contributed by atoms with E-state index in [2.05, 4.69) is 11.1 Å². The number of hydrogen-bond donors (Lipinski definition) is 1. The van der Waals surface area contributed by atoms with E-state index < -0.39 is 0 Å². The van der Waals surface area contributed by atoms with Gasteiger partial charge in [0.1, 0.15) is 17.3 Å². The summed E-state index contributed by atoms with van der Waals surface area (Å²) in [6.45, 7) is 0. The number of rotatable bonds is 1. The summed E-state index contributed by atoms with van der Waals surface area (Å²) in [5, 5.41) is 3.13. The number of aromatic nitrogens is 2. The molecule has 0 fully saturated rings. The van der Waals surface area contributed by atoms with Gasteiger partial charge in [0.25, 0.3) is 5.65 Å². The fraction of sp³-hybridized carbons (Fsp3) is 0. The Bertz CT molecular complexity index is 1250. The van der Waals surface area contributed by atoms with Gasteiger partial charge >= 0.3 is 5.63 Å². The summed E-state index contributed by atoms with van der Waals surface area (Å²) in [7, 11) is 0. The van der Waals surface area contributed by atoms with E-state index in [4.69, 9.17) is 4.42 Å². The van der Waals surface area contributed by atoms with E-state index in [0.717, 1.165) is 27.5 Å². The Hall–Kier alpha value is -3.40. The molecule has 1 N–H and O–H groups in total. The summed E-state index contributed by atoms with van der Waals surface area (Å²) >= 11 is 0. The zero-order valence-corrected chi connectivity index (χ0v) is 12.7. The zero-order valence-electron chi connectivity index (χ0n) is 12.7. The SMILES string of the molecule is O=c1oc2ccc3ccccc3c2cc1-c1c[n+]2ccccc2[nH]1. The van der Waals surface area contributed by atoms with Crippen molar-refractivity contribution in [1.29, 1.82) is 0 Å². The van der Waals surface area contributed by atoms with Crippen LogP contribution in [0.2, 0.25) is 0 Å². The maximum absolute atomic E-state index is 12.5. The minimum Gasteiger partial charge on any atom is -0.422 e. The maximum atomic E-state index is 12.5. The Morgan fingerprint density at radius 1 is 0.917 bits per heavy atom. The van der Waals surface area contributed by atoms with E-state index in [0.29, 0.717) is 11.1 Å². The van der Waals surface area contributed by atoms with Crippen molar-refractivity contribution in [3.05, 3.63) is 83.5 Å². The first-order valence-electron chi connectivity index (χ1n) is 7.75. The van der Waals surface area contributed by atoms with Crippen LogP contribution >= 0.6 is 0 Å². The minimum absolute atomic E-state index is 0.343. The van der Waals surface area contributed by atoms with Crippen molar-refractivity contribution in [2.45, 2.75) is 0 Å². The van der Waals surface area contributed by atoms with Gasteiger partial charge in [-0.25, -0.2) is 14.2 Å². The molecular weight excluding hydrogens is 300 g/mol. The number of H-pyrrole nitrogens is 1. The molecule has 3 aromatic heterocycles.